The zero-order chi connectivity index (χ0) is 25.1. The Kier molecular flexibility index (Phi) is 7.70. The van der Waals surface area contributed by atoms with Gasteiger partial charge < -0.3 is 19.3 Å². The number of piperidine rings is 1. The number of likely N-dealkylation sites (N-methyl/N-ethyl adjacent to an activating group) is 1. The average Bonchev–Trinajstić information content (AvgIpc) is 3.44. The van der Waals surface area contributed by atoms with Gasteiger partial charge in [-0.3, -0.25) is 4.79 Å². The number of nitrogens with zero attached hydrogens (tertiary/aromatic N) is 4. The number of anilines is 1. The molecule has 36 heavy (non-hydrogen) atoms. The predicted molar refractivity (Wildman–Crippen MR) is 136 cm³/mol. The summed E-state index contributed by atoms with van der Waals surface area (Å²) in [4.78, 5) is 25.4. The van der Waals surface area contributed by atoms with E-state index >= 15 is 0 Å². The fourth-order valence-electron chi connectivity index (χ4n) is 5.67. The second-order valence-electron chi connectivity index (χ2n) is 10.6. The Balaban J connectivity index is 1.02. The van der Waals surface area contributed by atoms with Crippen LogP contribution in [-0.2, 0) is 16.0 Å². The summed E-state index contributed by atoms with van der Waals surface area (Å²) in [6, 6.07) is 4.95. The molecular weight excluding hydrogens is 459 g/mol. The molecule has 3 fully saturated rings. The van der Waals surface area contributed by atoms with Gasteiger partial charge in [0.25, 0.3) is 0 Å². The van der Waals surface area contributed by atoms with Crippen molar-refractivity contribution < 1.29 is 18.7 Å². The molecule has 1 unspecified atom stereocenters. The summed E-state index contributed by atoms with van der Waals surface area (Å²) in [6.45, 7) is 5.87. The number of carbonyl (C=O) groups excluding carboxylic acids is 1. The van der Waals surface area contributed by atoms with E-state index in [9.17, 15) is 9.18 Å². The van der Waals surface area contributed by atoms with Crippen LogP contribution in [0.1, 0.15) is 43.2 Å². The number of aromatic nitrogens is 2. The van der Waals surface area contributed by atoms with E-state index in [4.69, 9.17) is 9.47 Å². The lowest BCUT2D eigenvalue weighted by Gasteiger charge is -2.32. The minimum absolute atomic E-state index is 0.0533. The first-order valence-electron chi connectivity index (χ1n) is 13.3. The highest BCUT2D eigenvalue weighted by Gasteiger charge is 2.43. The maximum atomic E-state index is 14.6. The lowest BCUT2D eigenvalue weighted by molar-refractivity contribution is -0.131. The number of halogens is 1. The van der Waals surface area contributed by atoms with Gasteiger partial charge >= 0.3 is 0 Å². The molecule has 1 aromatic heterocycles. The lowest BCUT2D eigenvalue weighted by atomic mass is 9.90. The van der Waals surface area contributed by atoms with E-state index in [1.165, 1.54) is 25.3 Å². The molecule has 8 heteroatoms. The summed E-state index contributed by atoms with van der Waals surface area (Å²) in [7, 11) is 1.77. The van der Waals surface area contributed by atoms with Gasteiger partial charge in [-0.15, -0.1) is 0 Å². The predicted octanol–water partition coefficient (Wildman–Crippen LogP) is 4.04. The van der Waals surface area contributed by atoms with Crippen molar-refractivity contribution in [1.82, 2.24) is 14.9 Å². The quantitative estimate of drug-likeness (QED) is 0.522. The van der Waals surface area contributed by atoms with Crippen LogP contribution in [-0.4, -0.2) is 66.8 Å². The summed E-state index contributed by atoms with van der Waals surface area (Å²) in [6.07, 6.45) is 9.30. The van der Waals surface area contributed by atoms with E-state index in [0.29, 0.717) is 37.1 Å². The number of aryl methyl sites for hydroxylation is 1. The van der Waals surface area contributed by atoms with E-state index in [2.05, 4.69) is 14.9 Å². The summed E-state index contributed by atoms with van der Waals surface area (Å²) >= 11 is 0. The van der Waals surface area contributed by atoms with Crippen LogP contribution >= 0.6 is 0 Å². The van der Waals surface area contributed by atoms with Gasteiger partial charge in [0.15, 0.2) is 0 Å². The topological polar surface area (TPSA) is 67.8 Å². The fourth-order valence-corrected chi connectivity index (χ4v) is 5.67. The van der Waals surface area contributed by atoms with Gasteiger partial charge in [0, 0.05) is 45.2 Å². The maximum Gasteiger partial charge on any atom is 0.227 e. The Morgan fingerprint density at radius 3 is 2.69 bits per heavy atom. The van der Waals surface area contributed by atoms with Crippen LogP contribution < -0.4 is 9.64 Å². The van der Waals surface area contributed by atoms with E-state index in [-0.39, 0.29) is 24.2 Å². The number of benzene rings is 1. The zero-order valence-corrected chi connectivity index (χ0v) is 21.4. The van der Waals surface area contributed by atoms with Crippen LogP contribution in [0.3, 0.4) is 0 Å². The molecule has 7 nitrogen and oxygen atoms in total. The molecule has 0 N–H and O–H groups in total. The number of hydrogen-bond donors (Lipinski definition) is 0. The molecule has 1 aromatic carbocycles. The van der Waals surface area contributed by atoms with Crippen LogP contribution in [0.2, 0.25) is 0 Å². The monoisotopic (exact) mass is 496 g/mol. The Hall–Kier alpha value is -2.74. The minimum Gasteiger partial charge on any atom is -0.493 e. The van der Waals surface area contributed by atoms with Crippen LogP contribution in [0.4, 0.5) is 10.3 Å². The molecule has 5 rings (SSSR count). The van der Waals surface area contributed by atoms with Crippen LogP contribution in [0.25, 0.3) is 0 Å². The average molecular weight is 497 g/mol. The van der Waals surface area contributed by atoms with Crippen molar-refractivity contribution in [3.63, 3.8) is 0 Å². The van der Waals surface area contributed by atoms with Gasteiger partial charge in [-0.2, -0.15) is 0 Å². The number of amides is 1. The van der Waals surface area contributed by atoms with Crippen molar-refractivity contribution in [2.24, 2.45) is 17.8 Å². The second kappa shape index (κ2) is 11.1. The van der Waals surface area contributed by atoms with Crippen LogP contribution in [0.15, 0.2) is 30.6 Å². The van der Waals surface area contributed by atoms with Gasteiger partial charge in [0.05, 0.1) is 25.7 Å². The highest BCUT2D eigenvalue weighted by molar-refractivity contribution is 5.79. The smallest absolute Gasteiger partial charge is 0.227 e. The molecule has 0 spiro atoms. The number of hydrogen-bond acceptors (Lipinski definition) is 6. The van der Waals surface area contributed by atoms with Gasteiger partial charge in [-0.1, -0.05) is 6.07 Å². The summed E-state index contributed by atoms with van der Waals surface area (Å²) in [5.41, 5.74) is 1.49. The molecule has 1 amide bonds. The van der Waals surface area contributed by atoms with Crippen molar-refractivity contribution >= 4 is 11.9 Å². The number of rotatable bonds is 9. The normalized spacial score (nSPS) is 24.1. The van der Waals surface area contributed by atoms with Crippen molar-refractivity contribution in [2.45, 2.75) is 51.5 Å². The highest BCUT2D eigenvalue weighted by atomic mass is 19.1. The molecule has 2 saturated heterocycles. The summed E-state index contributed by atoms with van der Waals surface area (Å²) in [5.74, 6) is 3.15. The first-order valence-corrected chi connectivity index (χ1v) is 13.3. The molecule has 2 aromatic rings. The first-order chi connectivity index (χ1) is 17.5. The standard InChI is InChI=1S/C28H37FN4O3/c1-19-16-30-28(31-17-19)33-9-5-20(6-10-33)25-13-21(25)7-12-36-24-4-3-22(26(29)15-24)14-27(34)32(2)23-8-11-35-18-23/h3-4,15-17,20-21,23,25H,5-14,18H2,1-2H3/t21-,23?,25-/m1/s1. The van der Waals surface area contributed by atoms with Crippen molar-refractivity contribution in [3.05, 3.63) is 47.5 Å². The van der Waals surface area contributed by atoms with Crippen LogP contribution in [0.5, 0.6) is 5.75 Å². The molecule has 1 aliphatic carbocycles. The number of ether oxygens (including phenoxy) is 2. The lowest BCUT2D eigenvalue weighted by Crippen LogP contribution is -2.38. The third-order valence-electron chi connectivity index (χ3n) is 8.14. The van der Waals surface area contributed by atoms with E-state index in [1.54, 1.807) is 24.1 Å². The van der Waals surface area contributed by atoms with Crippen molar-refractivity contribution in [1.29, 1.82) is 0 Å². The van der Waals surface area contributed by atoms with E-state index in [1.807, 2.05) is 19.3 Å². The molecule has 2 aliphatic heterocycles. The molecular formula is C28H37FN4O3. The third-order valence-corrected chi connectivity index (χ3v) is 8.14. The zero-order valence-electron chi connectivity index (χ0n) is 21.4. The SMILES string of the molecule is Cc1cnc(N2CCC([C@H]3C[C@H]3CCOc3ccc(CC(=O)N(C)C4CCOC4)c(F)c3)CC2)nc1. The van der Waals surface area contributed by atoms with Gasteiger partial charge in [0.1, 0.15) is 11.6 Å². The molecule has 1 saturated carbocycles. The Labute approximate surface area is 213 Å². The Morgan fingerprint density at radius 1 is 1.22 bits per heavy atom. The number of carbonyl (C=O) groups is 1. The van der Waals surface area contributed by atoms with Gasteiger partial charge in [0.2, 0.25) is 11.9 Å². The molecule has 3 aliphatic rings. The second-order valence-corrected chi connectivity index (χ2v) is 10.6. The van der Waals surface area contributed by atoms with Crippen molar-refractivity contribution in [3.8, 4) is 5.75 Å². The summed E-state index contributed by atoms with van der Waals surface area (Å²) < 4.78 is 25.9. The van der Waals surface area contributed by atoms with Gasteiger partial charge in [-0.05, 0) is 74.0 Å². The highest BCUT2D eigenvalue weighted by Crippen LogP contribution is 2.49. The molecule has 3 heterocycles. The maximum absolute atomic E-state index is 14.6. The van der Waals surface area contributed by atoms with E-state index < -0.39 is 0 Å². The molecule has 0 radical (unpaired) electrons. The van der Waals surface area contributed by atoms with Gasteiger partial charge in [-0.25, -0.2) is 14.4 Å². The first kappa shape index (κ1) is 24.9. The molecule has 3 atom stereocenters. The fraction of sp³-hybridized carbons (Fsp3) is 0.607. The molecule has 194 valence electrons. The van der Waals surface area contributed by atoms with Crippen LogP contribution in [0, 0.1) is 30.5 Å². The molecule has 0 bridgehead atoms. The Bertz CT molecular complexity index is 1040. The van der Waals surface area contributed by atoms with Crippen molar-refractivity contribution in [2.75, 3.05) is 44.9 Å². The minimum atomic E-state index is -0.384. The van der Waals surface area contributed by atoms with E-state index in [0.717, 1.165) is 49.3 Å². The Morgan fingerprint density at radius 2 is 2.00 bits per heavy atom. The largest absolute Gasteiger partial charge is 0.493 e. The third kappa shape index (κ3) is 5.97. The summed E-state index contributed by atoms with van der Waals surface area (Å²) in [5, 5.41) is 0.